The number of carboxylic acids is 1. The van der Waals surface area contributed by atoms with Crippen LogP contribution in [0.4, 0.5) is 4.79 Å². The molecule has 5 nitrogen and oxygen atoms in total. The van der Waals surface area contributed by atoms with Crippen LogP contribution in [0, 0.1) is 5.92 Å². The minimum absolute atomic E-state index is 0.117. The van der Waals surface area contributed by atoms with Crippen LogP contribution in [0.1, 0.15) is 46.5 Å². The van der Waals surface area contributed by atoms with E-state index >= 15 is 0 Å². The number of hydrogen-bond acceptors (Lipinski definition) is 2. The summed E-state index contributed by atoms with van der Waals surface area (Å²) in [6, 6.07) is -0.782. The van der Waals surface area contributed by atoms with Gasteiger partial charge in [0.2, 0.25) is 0 Å². The van der Waals surface area contributed by atoms with Crippen molar-refractivity contribution in [2.75, 3.05) is 6.54 Å². The van der Waals surface area contributed by atoms with Gasteiger partial charge in [-0.2, -0.15) is 0 Å². The van der Waals surface area contributed by atoms with Crippen LogP contribution in [0.15, 0.2) is 0 Å². The molecule has 104 valence electrons. The summed E-state index contributed by atoms with van der Waals surface area (Å²) < 4.78 is 0. The predicted octanol–water partition coefficient (Wildman–Crippen LogP) is 2.07. The number of rotatable bonds is 5. The summed E-state index contributed by atoms with van der Waals surface area (Å²) in [7, 11) is 0. The summed E-state index contributed by atoms with van der Waals surface area (Å²) in [5, 5.41) is 11.7. The van der Waals surface area contributed by atoms with Crippen molar-refractivity contribution in [1.82, 2.24) is 10.2 Å². The molecule has 0 aromatic heterocycles. The molecular formula is C13H24N2O3. The Hall–Kier alpha value is -1.26. The van der Waals surface area contributed by atoms with Crippen LogP contribution >= 0.6 is 0 Å². The molecule has 1 aliphatic rings. The number of carboxylic acid groups (broad SMARTS) is 1. The summed E-state index contributed by atoms with van der Waals surface area (Å²) in [4.78, 5) is 25.0. The van der Waals surface area contributed by atoms with E-state index in [1.165, 1.54) is 0 Å². The van der Waals surface area contributed by atoms with Gasteiger partial charge in [-0.1, -0.05) is 26.7 Å². The van der Waals surface area contributed by atoms with Gasteiger partial charge in [-0.25, -0.2) is 9.59 Å². The number of carbonyl (C=O) groups is 2. The normalized spacial score (nSPS) is 17.8. The fraction of sp³-hybridized carbons (Fsp3) is 0.846. The average Bonchev–Trinajstić information content (AvgIpc) is 2.79. The highest BCUT2D eigenvalue weighted by Crippen LogP contribution is 2.23. The van der Waals surface area contributed by atoms with Gasteiger partial charge >= 0.3 is 12.0 Å². The zero-order valence-corrected chi connectivity index (χ0v) is 11.5. The van der Waals surface area contributed by atoms with E-state index in [4.69, 9.17) is 5.11 Å². The Kier molecular flexibility index (Phi) is 5.44. The average molecular weight is 256 g/mol. The van der Waals surface area contributed by atoms with E-state index < -0.39 is 12.0 Å². The first-order valence-corrected chi connectivity index (χ1v) is 6.77. The first-order chi connectivity index (χ1) is 8.47. The van der Waals surface area contributed by atoms with E-state index in [0.29, 0.717) is 6.54 Å². The SMILES string of the molecule is CCN(C(=O)N[C@@H](C(=O)O)C(C)C)C1CCCC1. The maximum Gasteiger partial charge on any atom is 0.326 e. The lowest BCUT2D eigenvalue weighted by molar-refractivity contribution is -0.140. The largest absolute Gasteiger partial charge is 0.480 e. The molecule has 0 heterocycles. The third-order valence-electron chi connectivity index (χ3n) is 3.58. The van der Waals surface area contributed by atoms with Crippen molar-refractivity contribution < 1.29 is 14.7 Å². The van der Waals surface area contributed by atoms with E-state index in [-0.39, 0.29) is 18.0 Å². The molecule has 0 aromatic carbocycles. The molecule has 2 N–H and O–H groups in total. The van der Waals surface area contributed by atoms with Crippen LogP contribution in [-0.2, 0) is 4.79 Å². The van der Waals surface area contributed by atoms with E-state index in [9.17, 15) is 9.59 Å². The lowest BCUT2D eigenvalue weighted by atomic mass is 10.1. The molecule has 0 bridgehead atoms. The number of urea groups is 1. The van der Waals surface area contributed by atoms with Gasteiger partial charge in [0.05, 0.1) is 0 Å². The molecule has 1 atom stereocenters. The van der Waals surface area contributed by atoms with Gasteiger partial charge in [-0.05, 0) is 25.7 Å². The predicted molar refractivity (Wildman–Crippen MR) is 69.4 cm³/mol. The molecule has 5 heteroatoms. The lowest BCUT2D eigenvalue weighted by Gasteiger charge is -2.30. The number of carbonyl (C=O) groups excluding carboxylic acids is 1. The van der Waals surface area contributed by atoms with Gasteiger partial charge in [0, 0.05) is 12.6 Å². The maximum absolute atomic E-state index is 12.1. The number of amides is 2. The summed E-state index contributed by atoms with van der Waals surface area (Å²) >= 11 is 0. The Balaban J connectivity index is 2.63. The van der Waals surface area contributed by atoms with Crippen molar-refractivity contribution in [2.45, 2.75) is 58.5 Å². The van der Waals surface area contributed by atoms with Gasteiger partial charge < -0.3 is 15.3 Å². The standard InChI is InChI=1S/C13H24N2O3/c1-4-15(10-7-5-6-8-10)13(18)14-11(9(2)3)12(16)17/h9-11H,4-8H2,1-3H3,(H,14,18)(H,16,17)/t11-/m1/s1. The summed E-state index contributed by atoms with van der Waals surface area (Å²) in [5.41, 5.74) is 0. The van der Waals surface area contributed by atoms with Crippen LogP contribution in [0.2, 0.25) is 0 Å². The minimum atomic E-state index is -0.971. The molecule has 18 heavy (non-hydrogen) atoms. The molecule has 0 aromatic rings. The second-order valence-corrected chi connectivity index (χ2v) is 5.23. The van der Waals surface area contributed by atoms with Crippen molar-refractivity contribution in [3.63, 3.8) is 0 Å². The van der Waals surface area contributed by atoms with Gasteiger partial charge in [-0.15, -0.1) is 0 Å². The zero-order valence-electron chi connectivity index (χ0n) is 11.5. The molecule has 0 aliphatic heterocycles. The lowest BCUT2D eigenvalue weighted by Crippen LogP contribution is -2.52. The van der Waals surface area contributed by atoms with Gasteiger partial charge in [-0.3, -0.25) is 0 Å². The molecule has 1 saturated carbocycles. The van der Waals surface area contributed by atoms with E-state index in [2.05, 4.69) is 5.32 Å². The van der Waals surface area contributed by atoms with Crippen molar-refractivity contribution in [3.8, 4) is 0 Å². The molecule has 1 fully saturated rings. The molecule has 0 spiro atoms. The van der Waals surface area contributed by atoms with Crippen LogP contribution in [0.25, 0.3) is 0 Å². The Labute approximate surface area is 109 Å². The minimum Gasteiger partial charge on any atom is -0.480 e. The highest BCUT2D eigenvalue weighted by Gasteiger charge is 2.29. The molecule has 1 rings (SSSR count). The Morgan fingerprint density at radius 1 is 1.33 bits per heavy atom. The number of aliphatic carboxylic acids is 1. The molecule has 0 saturated heterocycles. The van der Waals surface area contributed by atoms with E-state index in [0.717, 1.165) is 25.7 Å². The highest BCUT2D eigenvalue weighted by atomic mass is 16.4. The number of nitrogens with zero attached hydrogens (tertiary/aromatic N) is 1. The van der Waals surface area contributed by atoms with Gasteiger partial charge in [0.15, 0.2) is 0 Å². The van der Waals surface area contributed by atoms with E-state index in [1.807, 2.05) is 6.92 Å². The van der Waals surface area contributed by atoms with Gasteiger partial charge in [0.1, 0.15) is 6.04 Å². The molecule has 0 unspecified atom stereocenters. The van der Waals surface area contributed by atoms with Crippen molar-refractivity contribution in [1.29, 1.82) is 0 Å². The smallest absolute Gasteiger partial charge is 0.326 e. The fourth-order valence-corrected chi connectivity index (χ4v) is 2.51. The Bertz CT molecular complexity index is 299. The summed E-state index contributed by atoms with van der Waals surface area (Å²) in [5.74, 6) is -1.09. The summed E-state index contributed by atoms with van der Waals surface area (Å²) in [6.45, 7) is 6.15. The maximum atomic E-state index is 12.1. The topological polar surface area (TPSA) is 69.6 Å². The Morgan fingerprint density at radius 2 is 1.89 bits per heavy atom. The third-order valence-corrected chi connectivity index (χ3v) is 3.58. The van der Waals surface area contributed by atoms with Crippen LogP contribution in [0.5, 0.6) is 0 Å². The number of nitrogens with one attached hydrogen (secondary N) is 1. The van der Waals surface area contributed by atoms with Crippen molar-refractivity contribution in [2.24, 2.45) is 5.92 Å². The zero-order chi connectivity index (χ0) is 13.7. The quantitative estimate of drug-likeness (QED) is 0.791. The second kappa shape index (κ2) is 6.61. The molecule has 2 amide bonds. The van der Waals surface area contributed by atoms with Crippen LogP contribution in [-0.4, -0.2) is 40.6 Å². The van der Waals surface area contributed by atoms with Crippen molar-refractivity contribution in [3.05, 3.63) is 0 Å². The second-order valence-electron chi connectivity index (χ2n) is 5.23. The highest BCUT2D eigenvalue weighted by molar-refractivity contribution is 5.82. The van der Waals surface area contributed by atoms with Crippen LogP contribution < -0.4 is 5.32 Å². The first-order valence-electron chi connectivity index (χ1n) is 6.77. The number of hydrogen-bond donors (Lipinski definition) is 2. The van der Waals surface area contributed by atoms with Crippen molar-refractivity contribution >= 4 is 12.0 Å². The van der Waals surface area contributed by atoms with Crippen LogP contribution in [0.3, 0.4) is 0 Å². The summed E-state index contributed by atoms with van der Waals surface area (Å²) in [6.07, 6.45) is 4.36. The third kappa shape index (κ3) is 3.62. The van der Waals surface area contributed by atoms with Gasteiger partial charge in [0.25, 0.3) is 0 Å². The van der Waals surface area contributed by atoms with E-state index in [1.54, 1.807) is 18.7 Å². The molecule has 0 radical (unpaired) electrons. The molecule has 1 aliphatic carbocycles. The molecular weight excluding hydrogens is 232 g/mol. The Morgan fingerprint density at radius 3 is 2.28 bits per heavy atom. The monoisotopic (exact) mass is 256 g/mol. The fourth-order valence-electron chi connectivity index (χ4n) is 2.51. The first kappa shape index (κ1) is 14.8.